The lowest BCUT2D eigenvalue weighted by molar-refractivity contribution is -0.151. The summed E-state index contributed by atoms with van der Waals surface area (Å²) >= 11 is 0. The minimum atomic E-state index is -0.573. The molecule has 1 aromatic carbocycles. The zero-order valence-corrected chi connectivity index (χ0v) is 17.1. The highest BCUT2D eigenvalue weighted by molar-refractivity contribution is 5.97. The van der Waals surface area contributed by atoms with Crippen molar-refractivity contribution in [2.45, 2.75) is 37.4 Å². The second-order valence-corrected chi connectivity index (χ2v) is 7.86. The van der Waals surface area contributed by atoms with Crippen molar-refractivity contribution in [2.24, 2.45) is 7.05 Å². The van der Waals surface area contributed by atoms with Gasteiger partial charge in [0.15, 0.2) is 0 Å². The Bertz CT molecular complexity index is 952. The van der Waals surface area contributed by atoms with Crippen LogP contribution in [0.3, 0.4) is 0 Å². The number of nitrogens with zero attached hydrogens (tertiary/aromatic N) is 2. The molecule has 2 N–H and O–H groups in total. The van der Waals surface area contributed by atoms with Crippen molar-refractivity contribution >= 4 is 17.7 Å². The van der Waals surface area contributed by atoms with Crippen LogP contribution in [-0.4, -0.2) is 59.0 Å². The molecule has 2 aliphatic rings. The number of piperazine rings is 1. The molecule has 0 spiro atoms. The second-order valence-electron chi connectivity index (χ2n) is 7.86. The number of amides is 3. The minimum Gasteiger partial charge on any atom is -0.497 e. The molecule has 4 rings (SSSR count). The van der Waals surface area contributed by atoms with Crippen molar-refractivity contribution in [3.63, 3.8) is 0 Å². The fraction of sp³-hybridized carbons (Fsp3) is 0.409. The number of hydrogen-bond acceptors (Lipinski definition) is 4. The van der Waals surface area contributed by atoms with Gasteiger partial charge in [-0.05, 0) is 42.7 Å². The molecule has 30 heavy (non-hydrogen) atoms. The number of rotatable bonds is 5. The summed E-state index contributed by atoms with van der Waals surface area (Å²) in [7, 11) is 3.42. The quantitative estimate of drug-likeness (QED) is 0.765. The molecule has 3 atom stereocenters. The maximum Gasteiger partial charge on any atom is 0.268 e. The van der Waals surface area contributed by atoms with Gasteiger partial charge in [0.2, 0.25) is 11.8 Å². The highest BCUT2D eigenvalue weighted by Gasteiger charge is 2.44. The molecule has 2 aromatic rings. The highest BCUT2D eigenvalue weighted by atomic mass is 16.5. The number of carbonyl (C=O) groups excluding carboxylic acids is 3. The van der Waals surface area contributed by atoms with Gasteiger partial charge < -0.3 is 24.8 Å². The molecule has 8 nitrogen and oxygen atoms in total. The van der Waals surface area contributed by atoms with Gasteiger partial charge in [-0.1, -0.05) is 12.1 Å². The Balaban J connectivity index is 1.39. The van der Waals surface area contributed by atoms with Gasteiger partial charge in [0.1, 0.15) is 23.5 Å². The van der Waals surface area contributed by atoms with E-state index in [4.69, 9.17) is 4.74 Å². The molecular formula is C22H26N4O4. The summed E-state index contributed by atoms with van der Waals surface area (Å²) in [5, 5.41) is 5.88. The Labute approximate surface area is 175 Å². The van der Waals surface area contributed by atoms with Gasteiger partial charge in [0.05, 0.1) is 7.11 Å². The van der Waals surface area contributed by atoms with Gasteiger partial charge in [-0.2, -0.15) is 0 Å². The summed E-state index contributed by atoms with van der Waals surface area (Å²) in [6, 6.07) is 9.78. The van der Waals surface area contributed by atoms with Crippen LogP contribution in [-0.2, 0) is 23.1 Å². The van der Waals surface area contributed by atoms with Crippen LogP contribution in [0.4, 0.5) is 0 Å². The Morgan fingerprint density at radius 1 is 1.23 bits per heavy atom. The van der Waals surface area contributed by atoms with E-state index in [9.17, 15) is 14.4 Å². The summed E-state index contributed by atoms with van der Waals surface area (Å²) in [4.78, 5) is 39.9. The van der Waals surface area contributed by atoms with Gasteiger partial charge in [-0.25, -0.2) is 0 Å². The predicted molar refractivity (Wildman–Crippen MR) is 110 cm³/mol. The summed E-state index contributed by atoms with van der Waals surface area (Å²) in [5.41, 5.74) is 1.53. The van der Waals surface area contributed by atoms with Gasteiger partial charge in [0, 0.05) is 32.3 Å². The number of fused-ring (bicyclic) bond motifs is 1. The molecule has 0 unspecified atom stereocenters. The fourth-order valence-corrected chi connectivity index (χ4v) is 4.23. The van der Waals surface area contributed by atoms with E-state index in [2.05, 4.69) is 10.6 Å². The van der Waals surface area contributed by atoms with E-state index in [1.165, 1.54) is 0 Å². The van der Waals surface area contributed by atoms with Crippen LogP contribution in [0.2, 0.25) is 0 Å². The van der Waals surface area contributed by atoms with Crippen LogP contribution < -0.4 is 15.4 Å². The number of carbonyl (C=O) groups is 3. The molecule has 3 heterocycles. The summed E-state index contributed by atoms with van der Waals surface area (Å²) in [6.45, 7) is 0.452. The van der Waals surface area contributed by atoms with Crippen molar-refractivity contribution in [1.29, 1.82) is 0 Å². The number of ether oxygens (including phenoxy) is 1. The van der Waals surface area contributed by atoms with Crippen LogP contribution in [0.1, 0.15) is 28.9 Å². The molecule has 0 bridgehead atoms. The number of piperidine rings is 1. The maximum absolute atomic E-state index is 13.0. The largest absolute Gasteiger partial charge is 0.497 e. The van der Waals surface area contributed by atoms with E-state index in [0.717, 1.165) is 11.3 Å². The van der Waals surface area contributed by atoms with E-state index in [0.29, 0.717) is 31.5 Å². The third-order valence-corrected chi connectivity index (χ3v) is 5.91. The van der Waals surface area contributed by atoms with Crippen molar-refractivity contribution in [2.75, 3.05) is 13.7 Å². The lowest BCUT2D eigenvalue weighted by Crippen LogP contribution is -2.67. The second kappa shape index (κ2) is 8.22. The minimum absolute atomic E-state index is 0.0670. The third kappa shape index (κ3) is 3.90. The first-order valence-corrected chi connectivity index (χ1v) is 10.1. The molecule has 3 amide bonds. The topological polar surface area (TPSA) is 92.7 Å². The van der Waals surface area contributed by atoms with Gasteiger partial charge >= 0.3 is 0 Å². The molecule has 0 radical (unpaired) electrons. The molecule has 2 aliphatic heterocycles. The monoisotopic (exact) mass is 410 g/mol. The lowest BCUT2D eigenvalue weighted by atomic mass is 9.91. The Morgan fingerprint density at radius 2 is 2.00 bits per heavy atom. The molecule has 8 heteroatoms. The van der Waals surface area contributed by atoms with Crippen molar-refractivity contribution in [1.82, 2.24) is 20.1 Å². The van der Waals surface area contributed by atoms with E-state index in [1.807, 2.05) is 43.6 Å². The summed E-state index contributed by atoms with van der Waals surface area (Å²) < 4.78 is 6.91. The van der Waals surface area contributed by atoms with Crippen LogP contribution in [0.5, 0.6) is 5.75 Å². The summed E-state index contributed by atoms with van der Waals surface area (Å²) in [6.07, 6.45) is 3.29. The first kappa shape index (κ1) is 20.0. The molecule has 1 aromatic heterocycles. The van der Waals surface area contributed by atoms with E-state index in [-0.39, 0.29) is 23.8 Å². The Hall–Kier alpha value is -3.29. The predicted octanol–water partition coefficient (Wildman–Crippen LogP) is 0.864. The van der Waals surface area contributed by atoms with E-state index < -0.39 is 12.1 Å². The van der Waals surface area contributed by atoms with Crippen molar-refractivity contribution in [3.8, 4) is 5.75 Å². The first-order chi connectivity index (χ1) is 14.5. The molecule has 2 fully saturated rings. The Kier molecular flexibility index (Phi) is 5.48. The van der Waals surface area contributed by atoms with Crippen LogP contribution in [0, 0.1) is 0 Å². The zero-order chi connectivity index (χ0) is 21.3. The first-order valence-electron chi connectivity index (χ1n) is 10.1. The van der Waals surface area contributed by atoms with E-state index in [1.54, 1.807) is 22.6 Å². The molecule has 0 aliphatic carbocycles. The zero-order valence-electron chi connectivity index (χ0n) is 17.1. The summed E-state index contributed by atoms with van der Waals surface area (Å²) in [5.74, 6) is 0.353. The van der Waals surface area contributed by atoms with Gasteiger partial charge in [0.25, 0.3) is 5.91 Å². The number of aromatic nitrogens is 1. The SMILES string of the molecule is COc1ccc(C[C@@H]2NC(=O)[C@@H]3C[C@@H](NC(=O)c4cccn4C)CCN3C2=O)cc1. The third-order valence-electron chi connectivity index (χ3n) is 5.91. The smallest absolute Gasteiger partial charge is 0.268 e. The fourth-order valence-electron chi connectivity index (χ4n) is 4.23. The number of aryl methyl sites for hydroxylation is 1. The van der Waals surface area contributed by atoms with Gasteiger partial charge in [-0.3, -0.25) is 14.4 Å². The maximum atomic E-state index is 13.0. The molecule has 0 saturated carbocycles. The number of methoxy groups -OCH3 is 1. The molecule has 158 valence electrons. The van der Waals surface area contributed by atoms with Crippen LogP contribution >= 0.6 is 0 Å². The average molecular weight is 410 g/mol. The highest BCUT2D eigenvalue weighted by Crippen LogP contribution is 2.24. The van der Waals surface area contributed by atoms with Gasteiger partial charge in [-0.15, -0.1) is 0 Å². The Morgan fingerprint density at radius 3 is 2.67 bits per heavy atom. The normalized spacial score (nSPS) is 23.5. The standard InChI is InChI=1S/C22H26N4O4/c1-25-10-3-4-18(25)20(27)23-15-9-11-26-19(13-15)21(28)24-17(22(26)29)12-14-5-7-16(30-2)8-6-14/h3-8,10,15,17,19H,9,11-13H2,1-2H3,(H,23,27)(H,24,28)/t15-,17-,19-/m0/s1. The molecular weight excluding hydrogens is 384 g/mol. The number of hydrogen-bond donors (Lipinski definition) is 2. The molecule has 2 saturated heterocycles. The van der Waals surface area contributed by atoms with Crippen molar-refractivity contribution < 1.29 is 19.1 Å². The average Bonchev–Trinajstić information content (AvgIpc) is 3.18. The van der Waals surface area contributed by atoms with E-state index >= 15 is 0 Å². The van der Waals surface area contributed by atoms with Crippen molar-refractivity contribution in [3.05, 3.63) is 53.9 Å². The van der Waals surface area contributed by atoms with Crippen LogP contribution in [0.25, 0.3) is 0 Å². The number of nitrogens with one attached hydrogen (secondary N) is 2. The lowest BCUT2D eigenvalue weighted by Gasteiger charge is -2.44. The number of benzene rings is 1. The van der Waals surface area contributed by atoms with Crippen LogP contribution in [0.15, 0.2) is 42.6 Å².